The molecule has 1 aromatic carbocycles. The molecule has 0 bridgehead atoms. The quantitative estimate of drug-likeness (QED) is 0.762. The molecular weight excluding hydrogens is 280 g/mol. The topological polar surface area (TPSA) is 40.7 Å². The summed E-state index contributed by atoms with van der Waals surface area (Å²) >= 11 is 1.58. The third-order valence-electron chi connectivity index (χ3n) is 2.90. The largest absolute Gasteiger partial charge is 0.376 e. The predicted octanol–water partition coefficient (Wildman–Crippen LogP) is 4.03. The van der Waals surface area contributed by atoms with Crippen molar-refractivity contribution in [3.05, 3.63) is 59.1 Å². The number of nitrogens with zero attached hydrogens (tertiary/aromatic N) is 1. The van der Waals surface area contributed by atoms with Crippen LogP contribution in [0.1, 0.15) is 5.56 Å². The summed E-state index contributed by atoms with van der Waals surface area (Å²) in [5.74, 6) is -1.21. The number of benzene rings is 1. The summed E-state index contributed by atoms with van der Waals surface area (Å²) in [6.07, 6.45) is 1.65. The number of nitrogens with one attached hydrogen (secondary N) is 2. The van der Waals surface area contributed by atoms with Crippen LogP contribution in [0.5, 0.6) is 0 Å². The molecule has 0 saturated heterocycles. The van der Waals surface area contributed by atoms with Crippen molar-refractivity contribution < 1.29 is 8.78 Å². The Kier molecular flexibility index (Phi) is 3.47. The Hall–Kier alpha value is -2.21. The third-order valence-corrected chi connectivity index (χ3v) is 3.79. The first kappa shape index (κ1) is 12.8. The van der Waals surface area contributed by atoms with E-state index in [1.165, 1.54) is 18.2 Å². The van der Waals surface area contributed by atoms with Gasteiger partial charge in [-0.2, -0.15) is 5.10 Å². The lowest BCUT2D eigenvalue weighted by Gasteiger charge is -2.08. The normalized spacial score (nSPS) is 10.7. The van der Waals surface area contributed by atoms with Gasteiger partial charge in [-0.1, -0.05) is 12.1 Å². The zero-order chi connectivity index (χ0) is 13.9. The summed E-state index contributed by atoms with van der Waals surface area (Å²) in [7, 11) is 0. The fourth-order valence-corrected chi connectivity index (χ4v) is 2.69. The number of rotatable bonds is 4. The fraction of sp³-hybridized carbons (Fsp3) is 0.0714. The molecule has 102 valence electrons. The van der Waals surface area contributed by atoms with Crippen LogP contribution in [0.25, 0.3) is 10.6 Å². The molecule has 3 aromatic rings. The van der Waals surface area contributed by atoms with Gasteiger partial charge in [0.05, 0.1) is 16.8 Å². The fourth-order valence-electron chi connectivity index (χ4n) is 1.93. The Labute approximate surface area is 118 Å². The standard InChI is InChI=1S/C14H11F2N3S/c15-10-3-1-4-11(16)14(10)17-7-9-8-18-19-13(9)12-5-2-6-20-12/h1-6,8,17H,7H2,(H,18,19). The van der Waals surface area contributed by atoms with Crippen LogP contribution < -0.4 is 5.32 Å². The van der Waals surface area contributed by atoms with Crippen LogP contribution in [-0.2, 0) is 6.54 Å². The summed E-state index contributed by atoms with van der Waals surface area (Å²) < 4.78 is 27.1. The molecule has 0 amide bonds. The Morgan fingerprint density at radius 3 is 2.65 bits per heavy atom. The highest BCUT2D eigenvalue weighted by atomic mass is 32.1. The van der Waals surface area contributed by atoms with Crippen LogP contribution in [-0.4, -0.2) is 10.2 Å². The minimum atomic E-state index is -0.605. The van der Waals surface area contributed by atoms with E-state index in [0.29, 0.717) is 6.54 Å². The highest BCUT2D eigenvalue weighted by molar-refractivity contribution is 7.13. The molecular formula is C14H11F2N3S. The molecule has 2 N–H and O–H groups in total. The van der Waals surface area contributed by atoms with Crippen LogP contribution in [0.3, 0.4) is 0 Å². The van der Waals surface area contributed by atoms with E-state index in [-0.39, 0.29) is 5.69 Å². The van der Waals surface area contributed by atoms with Crippen molar-refractivity contribution in [2.75, 3.05) is 5.32 Å². The van der Waals surface area contributed by atoms with Crippen molar-refractivity contribution in [1.29, 1.82) is 0 Å². The van der Waals surface area contributed by atoms with Crippen LogP contribution in [0.15, 0.2) is 41.9 Å². The maximum atomic E-state index is 13.5. The van der Waals surface area contributed by atoms with Crippen molar-refractivity contribution in [2.45, 2.75) is 6.54 Å². The smallest absolute Gasteiger partial charge is 0.149 e. The lowest BCUT2D eigenvalue weighted by molar-refractivity contribution is 0.588. The van der Waals surface area contributed by atoms with Gasteiger partial charge in [-0.05, 0) is 23.6 Å². The van der Waals surface area contributed by atoms with Gasteiger partial charge < -0.3 is 5.32 Å². The molecule has 2 heterocycles. The number of anilines is 1. The summed E-state index contributed by atoms with van der Waals surface area (Å²) in [4.78, 5) is 1.04. The monoisotopic (exact) mass is 291 g/mol. The van der Waals surface area contributed by atoms with Gasteiger partial charge in [0.2, 0.25) is 0 Å². The Morgan fingerprint density at radius 2 is 1.95 bits per heavy atom. The maximum absolute atomic E-state index is 13.5. The number of H-pyrrole nitrogens is 1. The molecule has 0 unspecified atom stereocenters. The Balaban J connectivity index is 1.82. The SMILES string of the molecule is Fc1cccc(F)c1NCc1cn[nH]c1-c1cccs1. The molecule has 0 spiro atoms. The lowest BCUT2D eigenvalue weighted by Crippen LogP contribution is -2.03. The molecule has 3 rings (SSSR count). The second-order valence-corrected chi connectivity index (χ2v) is 5.15. The van der Waals surface area contributed by atoms with Gasteiger partial charge in [-0.3, -0.25) is 5.10 Å². The molecule has 0 saturated carbocycles. The first-order valence-electron chi connectivity index (χ1n) is 5.99. The molecule has 3 nitrogen and oxygen atoms in total. The molecule has 0 atom stereocenters. The second kappa shape index (κ2) is 5.42. The van der Waals surface area contributed by atoms with E-state index in [9.17, 15) is 8.78 Å². The van der Waals surface area contributed by atoms with Crippen molar-refractivity contribution >= 4 is 17.0 Å². The van der Waals surface area contributed by atoms with Crippen LogP contribution in [0.2, 0.25) is 0 Å². The molecule has 6 heteroatoms. The van der Waals surface area contributed by atoms with Gasteiger partial charge in [0.15, 0.2) is 0 Å². The van der Waals surface area contributed by atoms with Crippen LogP contribution >= 0.6 is 11.3 Å². The predicted molar refractivity (Wildman–Crippen MR) is 75.6 cm³/mol. The van der Waals surface area contributed by atoms with Crippen molar-refractivity contribution in [3.63, 3.8) is 0 Å². The third kappa shape index (κ3) is 2.42. The second-order valence-electron chi connectivity index (χ2n) is 4.20. The summed E-state index contributed by atoms with van der Waals surface area (Å²) in [5, 5.41) is 11.6. The maximum Gasteiger partial charge on any atom is 0.149 e. The van der Waals surface area contributed by atoms with Crippen molar-refractivity contribution in [2.24, 2.45) is 0 Å². The molecule has 0 aliphatic rings. The number of hydrogen-bond acceptors (Lipinski definition) is 3. The molecule has 2 aromatic heterocycles. The van der Waals surface area contributed by atoms with Gasteiger partial charge in [0.1, 0.15) is 17.3 Å². The highest BCUT2D eigenvalue weighted by Crippen LogP contribution is 2.27. The number of aromatic amines is 1. The van der Waals surface area contributed by atoms with E-state index in [0.717, 1.165) is 16.1 Å². The summed E-state index contributed by atoms with van der Waals surface area (Å²) in [6.45, 7) is 0.293. The molecule has 20 heavy (non-hydrogen) atoms. The molecule has 0 aliphatic heterocycles. The minimum absolute atomic E-state index is 0.120. The van der Waals surface area contributed by atoms with Gasteiger partial charge in [-0.25, -0.2) is 8.78 Å². The van der Waals surface area contributed by atoms with E-state index >= 15 is 0 Å². The highest BCUT2D eigenvalue weighted by Gasteiger charge is 2.11. The summed E-state index contributed by atoms with van der Waals surface area (Å²) in [6, 6.07) is 7.69. The number of thiophene rings is 1. The number of hydrogen-bond donors (Lipinski definition) is 2. The first-order valence-corrected chi connectivity index (χ1v) is 6.87. The summed E-state index contributed by atoms with van der Waals surface area (Å²) in [5.41, 5.74) is 1.60. The van der Waals surface area contributed by atoms with Gasteiger partial charge in [-0.15, -0.1) is 11.3 Å². The number of halogens is 2. The van der Waals surface area contributed by atoms with Crippen molar-refractivity contribution in [1.82, 2.24) is 10.2 Å². The number of para-hydroxylation sites is 1. The lowest BCUT2D eigenvalue weighted by atomic mass is 10.2. The van der Waals surface area contributed by atoms with Gasteiger partial charge in [0, 0.05) is 12.1 Å². The number of aromatic nitrogens is 2. The van der Waals surface area contributed by atoms with E-state index < -0.39 is 11.6 Å². The van der Waals surface area contributed by atoms with Crippen LogP contribution in [0.4, 0.5) is 14.5 Å². The molecule has 0 radical (unpaired) electrons. The zero-order valence-corrected chi connectivity index (χ0v) is 11.2. The average Bonchev–Trinajstić information content (AvgIpc) is 3.08. The van der Waals surface area contributed by atoms with Crippen LogP contribution in [0, 0.1) is 11.6 Å². The van der Waals surface area contributed by atoms with Crippen molar-refractivity contribution in [3.8, 4) is 10.6 Å². The Morgan fingerprint density at radius 1 is 1.15 bits per heavy atom. The zero-order valence-electron chi connectivity index (χ0n) is 10.4. The van der Waals surface area contributed by atoms with E-state index in [1.54, 1.807) is 17.5 Å². The van der Waals surface area contributed by atoms with Gasteiger partial charge >= 0.3 is 0 Å². The van der Waals surface area contributed by atoms with E-state index in [2.05, 4.69) is 15.5 Å². The molecule has 0 aliphatic carbocycles. The minimum Gasteiger partial charge on any atom is -0.376 e. The average molecular weight is 291 g/mol. The molecule has 0 fully saturated rings. The van der Waals surface area contributed by atoms with E-state index in [1.807, 2.05) is 17.5 Å². The van der Waals surface area contributed by atoms with Gasteiger partial charge in [0.25, 0.3) is 0 Å². The first-order chi connectivity index (χ1) is 9.75. The Bertz CT molecular complexity index is 687. The van der Waals surface area contributed by atoms with E-state index in [4.69, 9.17) is 0 Å².